The Labute approximate surface area is 128 Å². The second kappa shape index (κ2) is 6.78. The van der Waals surface area contributed by atoms with Crippen molar-refractivity contribution in [2.75, 3.05) is 29.9 Å². The van der Waals surface area contributed by atoms with Crippen LogP contribution in [0.2, 0.25) is 0 Å². The minimum Gasteiger partial charge on any atom is -0.322 e. The summed E-state index contributed by atoms with van der Waals surface area (Å²) >= 11 is 1.94. The highest BCUT2D eigenvalue weighted by Gasteiger charge is 2.28. The Balaban J connectivity index is 1.82. The van der Waals surface area contributed by atoms with Gasteiger partial charge in [-0.2, -0.15) is 16.9 Å². The number of anilines is 1. The van der Waals surface area contributed by atoms with E-state index in [0.717, 1.165) is 30.2 Å². The molecular formula is C15H18N4OS. The molecule has 0 spiro atoms. The van der Waals surface area contributed by atoms with Gasteiger partial charge in [-0.15, -0.1) is 0 Å². The number of hydrogen-bond acceptors (Lipinski definition) is 4. The van der Waals surface area contributed by atoms with Crippen molar-refractivity contribution in [1.82, 2.24) is 15.1 Å². The summed E-state index contributed by atoms with van der Waals surface area (Å²) in [6, 6.07) is 9.71. The van der Waals surface area contributed by atoms with Crippen molar-refractivity contribution in [2.24, 2.45) is 0 Å². The Bertz CT molecular complexity index is 567. The number of hydrogen-bond donors (Lipinski definition) is 2. The zero-order valence-corrected chi connectivity index (χ0v) is 12.5. The molecule has 1 saturated heterocycles. The van der Waals surface area contributed by atoms with Crippen LogP contribution in [-0.4, -0.2) is 45.6 Å². The summed E-state index contributed by atoms with van der Waals surface area (Å²) in [7, 11) is 0. The quantitative estimate of drug-likeness (QED) is 0.908. The van der Waals surface area contributed by atoms with Gasteiger partial charge in [0.1, 0.15) is 6.04 Å². The first kappa shape index (κ1) is 14.2. The Hall–Kier alpha value is -1.79. The van der Waals surface area contributed by atoms with E-state index < -0.39 is 0 Å². The van der Waals surface area contributed by atoms with Crippen LogP contribution in [0.25, 0.3) is 0 Å². The third-order valence-electron chi connectivity index (χ3n) is 3.54. The van der Waals surface area contributed by atoms with Crippen molar-refractivity contribution < 1.29 is 4.79 Å². The number of nitrogens with one attached hydrogen (secondary N) is 2. The molecule has 2 heterocycles. The molecule has 21 heavy (non-hydrogen) atoms. The second-order valence-corrected chi connectivity index (χ2v) is 6.16. The van der Waals surface area contributed by atoms with Gasteiger partial charge in [-0.3, -0.25) is 14.8 Å². The van der Waals surface area contributed by atoms with Gasteiger partial charge in [-0.1, -0.05) is 30.3 Å². The molecule has 1 atom stereocenters. The molecule has 1 aliphatic heterocycles. The number of carbonyl (C=O) groups excluding carboxylic acids is 1. The number of benzene rings is 1. The van der Waals surface area contributed by atoms with Gasteiger partial charge in [0.05, 0.1) is 11.9 Å². The molecule has 1 aliphatic rings. The summed E-state index contributed by atoms with van der Waals surface area (Å²) < 4.78 is 0. The van der Waals surface area contributed by atoms with E-state index >= 15 is 0 Å². The number of thioether (sulfide) groups is 1. The van der Waals surface area contributed by atoms with E-state index in [2.05, 4.69) is 20.4 Å². The van der Waals surface area contributed by atoms with E-state index in [9.17, 15) is 4.79 Å². The average molecular weight is 302 g/mol. The van der Waals surface area contributed by atoms with Crippen molar-refractivity contribution in [3.05, 3.63) is 48.3 Å². The van der Waals surface area contributed by atoms with Gasteiger partial charge in [0.25, 0.3) is 0 Å². The summed E-state index contributed by atoms with van der Waals surface area (Å²) in [5.41, 5.74) is 1.73. The van der Waals surface area contributed by atoms with E-state index in [1.807, 2.05) is 42.1 Å². The van der Waals surface area contributed by atoms with Crippen LogP contribution in [0, 0.1) is 0 Å². The highest BCUT2D eigenvalue weighted by Crippen LogP contribution is 2.25. The summed E-state index contributed by atoms with van der Waals surface area (Å²) in [4.78, 5) is 15.0. The van der Waals surface area contributed by atoms with Gasteiger partial charge in [0, 0.05) is 30.8 Å². The number of nitrogens with zero attached hydrogens (tertiary/aromatic N) is 2. The SMILES string of the molecule is O=C(Nc1cn[nH]c1)[C@H](c1ccccc1)N1CCSCC1. The fourth-order valence-electron chi connectivity index (χ4n) is 2.53. The number of H-pyrrole nitrogens is 1. The van der Waals surface area contributed by atoms with Crippen LogP contribution in [0.3, 0.4) is 0 Å². The fraction of sp³-hybridized carbons (Fsp3) is 0.333. The summed E-state index contributed by atoms with van der Waals surface area (Å²) in [6.07, 6.45) is 3.30. The highest BCUT2D eigenvalue weighted by molar-refractivity contribution is 7.99. The predicted octanol–water partition coefficient (Wildman–Crippen LogP) is 2.14. The smallest absolute Gasteiger partial charge is 0.246 e. The highest BCUT2D eigenvalue weighted by atomic mass is 32.2. The van der Waals surface area contributed by atoms with E-state index in [1.54, 1.807) is 12.4 Å². The zero-order valence-electron chi connectivity index (χ0n) is 11.7. The lowest BCUT2D eigenvalue weighted by Crippen LogP contribution is -2.41. The van der Waals surface area contributed by atoms with E-state index in [1.165, 1.54) is 0 Å². The van der Waals surface area contributed by atoms with Crippen LogP contribution in [0.15, 0.2) is 42.7 Å². The molecule has 0 bridgehead atoms. The van der Waals surface area contributed by atoms with Crippen LogP contribution in [0.1, 0.15) is 11.6 Å². The molecule has 110 valence electrons. The van der Waals surface area contributed by atoms with Crippen LogP contribution < -0.4 is 5.32 Å². The monoisotopic (exact) mass is 302 g/mol. The molecule has 2 aromatic rings. The van der Waals surface area contributed by atoms with Crippen LogP contribution in [0.5, 0.6) is 0 Å². The van der Waals surface area contributed by atoms with Crippen molar-refractivity contribution in [3.8, 4) is 0 Å². The lowest BCUT2D eigenvalue weighted by atomic mass is 10.0. The minimum atomic E-state index is -0.248. The Morgan fingerprint density at radius 2 is 2.05 bits per heavy atom. The third-order valence-corrected chi connectivity index (χ3v) is 4.48. The molecule has 5 nitrogen and oxygen atoms in total. The Kier molecular flexibility index (Phi) is 4.57. The van der Waals surface area contributed by atoms with Gasteiger partial charge in [0.2, 0.25) is 5.91 Å². The first-order chi connectivity index (χ1) is 10.3. The lowest BCUT2D eigenvalue weighted by Gasteiger charge is -2.33. The van der Waals surface area contributed by atoms with Gasteiger partial charge in [0.15, 0.2) is 0 Å². The van der Waals surface area contributed by atoms with Crippen molar-refractivity contribution in [3.63, 3.8) is 0 Å². The molecule has 1 aromatic heterocycles. The molecule has 3 rings (SSSR count). The van der Waals surface area contributed by atoms with Gasteiger partial charge >= 0.3 is 0 Å². The number of aromatic amines is 1. The number of carbonyl (C=O) groups is 1. The maximum Gasteiger partial charge on any atom is 0.246 e. The molecule has 0 saturated carbocycles. The lowest BCUT2D eigenvalue weighted by molar-refractivity contribution is -0.121. The summed E-state index contributed by atoms with van der Waals surface area (Å²) in [5, 5.41) is 9.51. The van der Waals surface area contributed by atoms with E-state index in [-0.39, 0.29) is 11.9 Å². The first-order valence-corrected chi connectivity index (χ1v) is 8.16. The van der Waals surface area contributed by atoms with E-state index in [0.29, 0.717) is 5.69 Å². The summed E-state index contributed by atoms with van der Waals surface area (Å²) in [5.74, 6) is 2.14. The van der Waals surface area contributed by atoms with Gasteiger partial charge in [-0.25, -0.2) is 0 Å². The van der Waals surface area contributed by atoms with Crippen LogP contribution >= 0.6 is 11.8 Å². The van der Waals surface area contributed by atoms with Crippen LogP contribution in [0.4, 0.5) is 5.69 Å². The van der Waals surface area contributed by atoms with Crippen molar-refractivity contribution in [2.45, 2.75) is 6.04 Å². The first-order valence-electron chi connectivity index (χ1n) is 7.01. The Morgan fingerprint density at radius 3 is 2.71 bits per heavy atom. The Morgan fingerprint density at radius 1 is 1.29 bits per heavy atom. The maximum absolute atomic E-state index is 12.7. The molecule has 1 fully saturated rings. The number of aromatic nitrogens is 2. The largest absolute Gasteiger partial charge is 0.322 e. The number of rotatable bonds is 4. The zero-order chi connectivity index (χ0) is 14.5. The molecule has 0 radical (unpaired) electrons. The normalized spacial score (nSPS) is 17.3. The van der Waals surface area contributed by atoms with Gasteiger partial charge < -0.3 is 5.32 Å². The second-order valence-electron chi connectivity index (χ2n) is 4.94. The standard InChI is InChI=1S/C15H18N4OS/c20-15(18-13-10-16-17-11-13)14(12-4-2-1-3-5-12)19-6-8-21-9-7-19/h1-5,10-11,14H,6-9H2,(H,16,17)(H,18,20)/t14-/m0/s1. The van der Waals surface area contributed by atoms with Crippen molar-refractivity contribution in [1.29, 1.82) is 0 Å². The topological polar surface area (TPSA) is 61.0 Å². The number of amides is 1. The maximum atomic E-state index is 12.7. The molecule has 1 aromatic carbocycles. The summed E-state index contributed by atoms with van der Waals surface area (Å²) in [6.45, 7) is 1.87. The third kappa shape index (κ3) is 3.46. The molecule has 1 amide bonds. The van der Waals surface area contributed by atoms with Crippen molar-refractivity contribution >= 4 is 23.4 Å². The van der Waals surface area contributed by atoms with Gasteiger partial charge in [-0.05, 0) is 5.56 Å². The minimum absolute atomic E-state index is 0.00509. The predicted molar refractivity (Wildman–Crippen MR) is 85.3 cm³/mol. The van der Waals surface area contributed by atoms with Crippen LogP contribution in [-0.2, 0) is 4.79 Å². The molecule has 0 aliphatic carbocycles. The molecule has 0 unspecified atom stereocenters. The van der Waals surface area contributed by atoms with E-state index in [4.69, 9.17) is 0 Å². The molecular weight excluding hydrogens is 284 g/mol. The molecule has 6 heteroatoms. The molecule has 2 N–H and O–H groups in total. The fourth-order valence-corrected chi connectivity index (χ4v) is 3.46. The average Bonchev–Trinajstić information content (AvgIpc) is 3.02.